The van der Waals surface area contributed by atoms with E-state index in [9.17, 15) is 4.79 Å². The second-order valence-electron chi connectivity index (χ2n) is 9.23. The predicted molar refractivity (Wildman–Crippen MR) is 130 cm³/mol. The van der Waals surface area contributed by atoms with Crippen LogP contribution in [0, 0.1) is 5.92 Å². The highest BCUT2D eigenvalue weighted by atomic mass is 35.5. The highest BCUT2D eigenvalue weighted by Crippen LogP contribution is 2.26. The SMILES string of the molecule is CC(n1cc(-c2cncc(Cl)c2)nn1)n1ccc(N2CCC[C@@H](NCC3CCC3)C2)cc1=O. The van der Waals surface area contributed by atoms with Crippen LogP contribution in [0.4, 0.5) is 5.69 Å². The van der Waals surface area contributed by atoms with Crippen molar-refractivity contribution in [2.75, 3.05) is 24.5 Å². The van der Waals surface area contributed by atoms with Gasteiger partial charge in [0.1, 0.15) is 11.9 Å². The largest absolute Gasteiger partial charge is 0.370 e. The minimum absolute atomic E-state index is 0.0500. The molecule has 2 atom stereocenters. The van der Waals surface area contributed by atoms with Crippen molar-refractivity contribution in [2.45, 2.75) is 51.2 Å². The molecule has 0 spiro atoms. The van der Waals surface area contributed by atoms with Crippen molar-refractivity contribution in [1.29, 1.82) is 0 Å². The van der Waals surface area contributed by atoms with Crippen LogP contribution in [0.2, 0.25) is 5.02 Å². The Morgan fingerprint density at radius 2 is 2.09 bits per heavy atom. The molecular weight excluding hydrogens is 438 g/mol. The Bertz CT molecular complexity index is 1160. The predicted octanol–water partition coefficient (Wildman–Crippen LogP) is 3.58. The molecule has 8 nitrogen and oxygen atoms in total. The number of halogens is 1. The van der Waals surface area contributed by atoms with Crippen LogP contribution < -0.4 is 15.8 Å². The van der Waals surface area contributed by atoms with E-state index in [1.54, 1.807) is 40.0 Å². The standard InChI is InChI=1S/C24H30ClN7O/c1-17(32-16-23(28-29-32)19-10-20(25)14-26-13-19)31-9-7-22(11-24(31)33)30-8-3-6-21(15-30)27-12-18-4-2-5-18/h7,9-11,13-14,16-18,21,27H,2-6,8,12,15H2,1H3/t17?,21-/m1/s1. The van der Waals surface area contributed by atoms with E-state index in [1.165, 1.54) is 25.7 Å². The number of aromatic nitrogens is 5. The molecule has 1 unspecified atom stereocenters. The van der Waals surface area contributed by atoms with Gasteiger partial charge in [0, 0.05) is 55.0 Å². The summed E-state index contributed by atoms with van der Waals surface area (Å²) >= 11 is 6.04. The van der Waals surface area contributed by atoms with Gasteiger partial charge in [-0.25, -0.2) is 4.68 Å². The smallest absolute Gasteiger partial charge is 0.254 e. The Balaban J connectivity index is 1.27. The average molecular weight is 468 g/mol. The van der Waals surface area contributed by atoms with Gasteiger partial charge in [0.25, 0.3) is 5.56 Å². The van der Waals surface area contributed by atoms with E-state index in [2.05, 4.69) is 25.5 Å². The molecule has 33 heavy (non-hydrogen) atoms. The third-order valence-corrected chi connectivity index (χ3v) is 7.14. The molecule has 5 rings (SSSR count). The minimum atomic E-state index is -0.307. The maximum absolute atomic E-state index is 13.0. The molecule has 174 valence electrons. The van der Waals surface area contributed by atoms with Crippen molar-refractivity contribution in [3.8, 4) is 11.3 Å². The van der Waals surface area contributed by atoms with Crippen LogP contribution in [0.15, 0.2) is 47.8 Å². The monoisotopic (exact) mass is 467 g/mol. The Morgan fingerprint density at radius 1 is 1.21 bits per heavy atom. The van der Waals surface area contributed by atoms with E-state index >= 15 is 0 Å². The summed E-state index contributed by atoms with van der Waals surface area (Å²) in [5.41, 5.74) is 2.39. The summed E-state index contributed by atoms with van der Waals surface area (Å²) in [6.45, 7) is 4.99. The van der Waals surface area contributed by atoms with Crippen molar-refractivity contribution in [1.82, 2.24) is 29.9 Å². The van der Waals surface area contributed by atoms with Gasteiger partial charge in [-0.1, -0.05) is 23.2 Å². The van der Waals surface area contributed by atoms with Gasteiger partial charge >= 0.3 is 0 Å². The fraction of sp³-hybridized carbons (Fsp3) is 0.500. The van der Waals surface area contributed by atoms with Crippen molar-refractivity contribution in [2.24, 2.45) is 5.92 Å². The zero-order chi connectivity index (χ0) is 22.8. The second-order valence-corrected chi connectivity index (χ2v) is 9.66. The van der Waals surface area contributed by atoms with Gasteiger partial charge in [-0.05, 0) is 57.2 Å². The number of anilines is 1. The summed E-state index contributed by atoms with van der Waals surface area (Å²) < 4.78 is 3.35. The molecule has 0 radical (unpaired) electrons. The molecule has 1 saturated carbocycles. The Kier molecular flexibility index (Phi) is 6.46. The maximum Gasteiger partial charge on any atom is 0.254 e. The lowest BCUT2D eigenvalue weighted by atomic mass is 9.85. The zero-order valence-corrected chi connectivity index (χ0v) is 19.7. The molecule has 0 amide bonds. The third-order valence-electron chi connectivity index (χ3n) is 6.93. The van der Waals surface area contributed by atoms with Gasteiger partial charge in [-0.2, -0.15) is 0 Å². The highest BCUT2D eigenvalue weighted by Gasteiger charge is 2.23. The van der Waals surface area contributed by atoms with E-state index in [1.807, 2.05) is 19.2 Å². The van der Waals surface area contributed by atoms with Crippen molar-refractivity contribution in [3.63, 3.8) is 0 Å². The maximum atomic E-state index is 13.0. The number of hydrogen-bond acceptors (Lipinski definition) is 6. The van der Waals surface area contributed by atoms with Gasteiger partial charge in [0.05, 0.1) is 11.2 Å². The van der Waals surface area contributed by atoms with Crippen molar-refractivity contribution >= 4 is 17.3 Å². The van der Waals surface area contributed by atoms with Crippen molar-refractivity contribution < 1.29 is 0 Å². The van der Waals surface area contributed by atoms with Crippen LogP contribution in [0.25, 0.3) is 11.3 Å². The molecule has 1 aliphatic heterocycles. The Hall–Kier alpha value is -2.71. The number of pyridine rings is 2. The molecule has 1 N–H and O–H groups in total. The summed E-state index contributed by atoms with van der Waals surface area (Å²) in [6.07, 6.45) is 13.1. The lowest BCUT2D eigenvalue weighted by Gasteiger charge is -2.36. The molecule has 1 saturated heterocycles. The lowest BCUT2D eigenvalue weighted by molar-refractivity contribution is 0.280. The van der Waals surface area contributed by atoms with Gasteiger partial charge in [-0.15, -0.1) is 5.10 Å². The van der Waals surface area contributed by atoms with Gasteiger partial charge in [-0.3, -0.25) is 14.3 Å². The van der Waals surface area contributed by atoms with Crippen LogP contribution in [0.3, 0.4) is 0 Å². The molecule has 0 bridgehead atoms. The van der Waals surface area contributed by atoms with Crippen LogP contribution in [0.5, 0.6) is 0 Å². The number of nitrogens with zero attached hydrogens (tertiary/aromatic N) is 6. The summed E-state index contributed by atoms with van der Waals surface area (Å²) in [7, 11) is 0. The van der Waals surface area contributed by atoms with E-state index in [-0.39, 0.29) is 11.7 Å². The normalized spacial score (nSPS) is 19.9. The molecule has 0 aromatic carbocycles. The molecule has 2 fully saturated rings. The Morgan fingerprint density at radius 3 is 2.85 bits per heavy atom. The summed E-state index contributed by atoms with van der Waals surface area (Å²) in [5.74, 6) is 0.859. The number of rotatable bonds is 7. The first-order chi connectivity index (χ1) is 16.1. The fourth-order valence-electron chi connectivity index (χ4n) is 4.66. The third kappa shape index (κ3) is 4.96. The first-order valence-electron chi connectivity index (χ1n) is 11.8. The first-order valence-corrected chi connectivity index (χ1v) is 12.2. The fourth-order valence-corrected chi connectivity index (χ4v) is 4.84. The van der Waals surface area contributed by atoms with Crippen LogP contribution in [-0.4, -0.2) is 50.2 Å². The highest BCUT2D eigenvalue weighted by molar-refractivity contribution is 6.30. The number of hydrogen-bond donors (Lipinski definition) is 1. The van der Waals surface area contributed by atoms with Gasteiger partial charge in [0.15, 0.2) is 0 Å². The summed E-state index contributed by atoms with van der Waals surface area (Å²) in [4.78, 5) is 19.4. The second kappa shape index (κ2) is 9.65. The van der Waals surface area contributed by atoms with Crippen LogP contribution in [-0.2, 0) is 0 Å². The molecule has 3 aromatic heterocycles. The topological polar surface area (TPSA) is 80.9 Å². The molecular formula is C24H30ClN7O. The lowest BCUT2D eigenvalue weighted by Crippen LogP contribution is -2.47. The zero-order valence-electron chi connectivity index (χ0n) is 18.9. The van der Waals surface area contributed by atoms with Gasteiger partial charge < -0.3 is 10.2 Å². The summed E-state index contributed by atoms with van der Waals surface area (Å²) in [5, 5.41) is 12.7. The van der Waals surface area contributed by atoms with Crippen LogP contribution >= 0.6 is 11.6 Å². The van der Waals surface area contributed by atoms with Gasteiger partial charge in [0.2, 0.25) is 0 Å². The number of nitrogens with one attached hydrogen (secondary N) is 1. The molecule has 9 heteroatoms. The molecule has 4 heterocycles. The van der Waals surface area contributed by atoms with E-state index < -0.39 is 0 Å². The van der Waals surface area contributed by atoms with Crippen LogP contribution in [0.1, 0.15) is 45.2 Å². The van der Waals surface area contributed by atoms with E-state index in [0.29, 0.717) is 16.8 Å². The average Bonchev–Trinajstić information content (AvgIpc) is 3.28. The Labute approximate surface area is 198 Å². The quantitative estimate of drug-likeness (QED) is 0.572. The van der Waals surface area contributed by atoms with Crippen molar-refractivity contribution in [3.05, 3.63) is 58.4 Å². The molecule has 3 aromatic rings. The molecule has 1 aliphatic carbocycles. The first kappa shape index (κ1) is 22.1. The minimum Gasteiger partial charge on any atom is -0.370 e. The number of piperidine rings is 1. The molecule has 2 aliphatic rings. The van der Waals surface area contributed by atoms with E-state index in [0.717, 1.165) is 43.2 Å². The summed E-state index contributed by atoms with van der Waals surface area (Å²) in [6, 6.07) is 6.06. The van der Waals surface area contributed by atoms with E-state index in [4.69, 9.17) is 11.6 Å².